The van der Waals surface area contributed by atoms with Gasteiger partial charge in [0.15, 0.2) is 9.84 Å². The highest BCUT2D eigenvalue weighted by Gasteiger charge is 2.52. The monoisotopic (exact) mass is 684 g/mol. The van der Waals surface area contributed by atoms with E-state index >= 15 is 0 Å². The fourth-order valence-electron chi connectivity index (χ4n) is 8.24. The Morgan fingerprint density at radius 2 is 1.60 bits per heavy atom. The highest BCUT2D eigenvalue weighted by molar-refractivity contribution is 7.91. The summed E-state index contributed by atoms with van der Waals surface area (Å²) >= 11 is 0. The van der Waals surface area contributed by atoms with Gasteiger partial charge < -0.3 is 19.9 Å². The minimum absolute atomic E-state index is 0.129. The van der Waals surface area contributed by atoms with Crippen molar-refractivity contribution in [1.29, 1.82) is 0 Å². The summed E-state index contributed by atoms with van der Waals surface area (Å²) in [7, 11) is -2.97. The van der Waals surface area contributed by atoms with E-state index in [0.29, 0.717) is 64.2 Å². The second-order valence-electron chi connectivity index (χ2n) is 15.8. The van der Waals surface area contributed by atoms with Crippen LogP contribution in [0.3, 0.4) is 0 Å². The van der Waals surface area contributed by atoms with Gasteiger partial charge in [-0.1, -0.05) is 39.0 Å². The van der Waals surface area contributed by atoms with Gasteiger partial charge in [0.05, 0.1) is 17.1 Å². The van der Waals surface area contributed by atoms with E-state index in [2.05, 4.69) is 32.2 Å². The molecule has 4 aliphatic rings. The van der Waals surface area contributed by atoms with E-state index in [1.807, 2.05) is 49.9 Å². The summed E-state index contributed by atoms with van der Waals surface area (Å²) in [4.78, 5) is 58.0. The van der Waals surface area contributed by atoms with Crippen LogP contribution in [-0.2, 0) is 29.0 Å². The molecule has 48 heavy (non-hydrogen) atoms. The molecule has 0 unspecified atom stereocenters. The Kier molecular flexibility index (Phi) is 10.2. The number of esters is 1. The summed E-state index contributed by atoms with van der Waals surface area (Å²) in [5.41, 5.74) is 1.79. The van der Waals surface area contributed by atoms with Crippen LogP contribution in [-0.4, -0.2) is 116 Å². The minimum atomic E-state index is -2.97. The van der Waals surface area contributed by atoms with E-state index in [4.69, 9.17) is 4.74 Å². The number of nitrogens with zero attached hydrogens (tertiary/aromatic N) is 3. The van der Waals surface area contributed by atoms with Gasteiger partial charge in [-0.05, 0) is 86.5 Å². The van der Waals surface area contributed by atoms with E-state index in [0.717, 1.165) is 18.4 Å². The number of carbonyl (C=O) groups is 4. The van der Waals surface area contributed by atoms with Gasteiger partial charge >= 0.3 is 17.8 Å². The maximum atomic E-state index is 13.7. The second kappa shape index (κ2) is 13.6. The average molecular weight is 685 g/mol. The molecule has 5 rings (SSSR count). The van der Waals surface area contributed by atoms with Crippen LogP contribution in [0.1, 0.15) is 83.1 Å². The summed E-state index contributed by atoms with van der Waals surface area (Å²) < 4.78 is 28.9. The topological polar surface area (TPSA) is 133 Å². The first-order valence-electron chi connectivity index (χ1n) is 17.2. The fraction of sp³-hybridized carbons (Fsp3) is 0.667. The van der Waals surface area contributed by atoms with Gasteiger partial charge in [0.2, 0.25) is 5.91 Å². The number of nitrogens with one attached hydrogen (secondary N) is 1. The molecule has 3 aliphatic heterocycles. The number of hydrogen-bond donors (Lipinski definition) is 1. The molecule has 1 aromatic carbocycles. The van der Waals surface area contributed by atoms with Gasteiger partial charge in [-0.25, -0.2) is 13.2 Å². The molecule has 3 atom stereocenters. The first-order chi connectivity index (χ1) is 22.4. The third-order valence-corrected chi connectivity index (χ3v) is 12.3. The number of hydrogen-bond acceptors (Lipinski definition) is 8. The zero-order chi connectivity index (χ0) is 35.1. The van der Waals surface area contributed by atoms with Crippen LogP contribution in [0.4, 0.5) is 0 Å². The first-order valence-corrected chi connectivity index (χ1v) is 19.1. The lowest BCUT2D eigenvalue weighted by atomic mass is 9.53. The molecular formula is C36H52N4O7S. The Morgan fingerprint density at radius 1 is 0.938 bits per heavy atom. The number of piperidine rings is 1. The highest BCUT2D eigenvalue weighted by atomic mass is 32.2. The average Bonchev–Trinajstić information content (AvgIpc) is 3.50. The van der Waals surface area contributed by atoms with Crippen LogP contribution in [0.15, 0.2) is 30.3 Å². The van der Waals surface area contributed by atoms with Gasteiger partial charge in [0.25, 0.3) is 0 Å². The molecule has 0 radical (unpaired) electrons. The van der Waals surface area contributed by atoms with E-state index in [9.17, 15) is 27.6 Å². The Hall–Kier alpha value is -3.25. The second-order valence-corrected chi connectivity index (χ2v) is 18.1. The SMILES string of the molecule is CC(C)(C)OC(=O)c1ccc(C2=CC[C@]3(C)CN(C(=O)C(=O)N4CCC[C@H]4C(=O)NCCN4CCS(=O)(=O)CC4)CC[C@H]3C2(C)C)cc1. The smallest absolute Gasteiger partial charge is 0.338 e. The van der Waals surface area contributed by atoms with E-state index < -0.39 is 33.3 Å². The summed E-state index contributed by atoms with van der Waals surface area (Å²) in [6.07, 6.45) is 4.91. The van der Waals surface area contributed by atoms with Crippen molar-refractivity contribution in [2.24, 2.45) is 16.7 Å². The number of benzene rings is 1. The van der Waals surface area contributed by atoms with Crippen molar-refractivity contribution in [1.82, 2.24) is 20.0 Å². The molecular weight excluding hydrogens is 632 g/mol. The normalized spacial score (nSPS) is 27.1. The van der Waals surface area contributed by atoms with Gasteiger partial charge in [0, 0.05) is 45.8 Å². The van der Waals surface area contributed by atoms with Crippen molar-refractivity contribution in [3.05, 3.63) is 41.5 Å². The number of allylic oxidation sites excluding steroid dienone is 2. The molecule has 12 heteroatoms. The van der Waals surface area contributed by atoms with Crippen LogP contribution in [0, 0.1) is 16.7 Å². The molecule has 3 heterocycles. The van der Waals surface area contributed by atoms with Crippen LogP contribution in [0.25, 0.3) is 5.57 Å². The molecule has 11 nitrogen and oxygen atoms in total. The Labute approximate surface area is 285 Å². The lowest BCUT2D eigenvalue weighted by Gasteiger charge is -2.55. The van der Waals surface area contributed by atoms with Crippen LogP contribution >= 0.6 is 0 Å². The predicted molar refractivity (Wildman–Crippen MR) is 184 cm³/mol. The van der Waals surface area contributed by atoms with Gasteiger partial charge in [-0.15, -0.1) is 0 Å². The van der Waals surface area contributed by atoms with Crippen molar-refractivity contribution in [2.75, 3.05) is 57.3 Å². The van der Waals surface area contributed by atoms with Crippen molar-refractivity contribution in [3.8, 4) is 0 Å². The molecule has 264 valence electrons. The maximum absolute atomic E-state index is 13.7. The Morgan fingerprint density at radius 3 is 2.25 bits per heavy atom. The predicted octanol–water partition coefficient (Wildman–Crippen LogP) is 3.15. The zero-order valence-electron chi connectivity index (χ0n) is 29.3. The maximum Gasteiger partial charge on any atom is 0.338 e. The molecule has 1 aliphatic carbocycles. The van der Waals surface area contributed by atoms with Gasteiger partial charge in [-0.3, -0.25) is 19.3 Å². The van der Waals surface area contributed by atoms with Gasteiger partial charge in [-0.2, -0.15) is 0 Å². The minimum Gasteiger partial charge on any atom is -0.456 e. The van der Waals surface area contributed by atoms with E-state index in [-0.39, 0.29) is 40.1 Å². The molecule has 0 saturated carbocycles. The number of sulfone groups is 1. The fourth-order valence-corrected chi connectivity index (χ4v) is 9.52. The standard InChI is InChI=1S/C36H52N4O7S/c1-34(2,3)47-33(44)26-11-9-25(10-12-26)27-13-15-36(6)24-39(18-14-29(36)35(27,4)5)31(42)32(43)40-17-7-8-28(40)30(41)37-16-19-38-20-22-48(45,46)23-21-38/h9-13,28-29H,7-8,14-24H2,1-6H3,(H,37,41)/t28-,29-,36+/m0/s1. The molecule has 0 bridgehead atoms. The number of fused-ring (bicyclic) bond motifs is 1. The molecule has 3 fully saturated rings. The molecule has 1 aromatic rings. The molecule has 0 spiro atoms. The third-order valence-electron chi connectivity index (χ3n) is 10.7. The molecule has 3 amide bonds. The zero-order valence-corrected chi connectivity index (χ0v) is 30.2. The number of ether oxygens (including phenoxy) is 1. The molecule has 0 aromatic heterocycles. The number of carbonyl (C=O) groups excluding carboxylic acids is 4. The lowest BCUT2D eigenvalue weighted by molar-refractivity contribution is -0.157. The number of rotatable bonds is 6. The molecule has 3 saturated heterocycles. The van der Waals surface area contributed by atoms with Crippen molar-refractivity contribution in [2.45, 2.75) is 78.9 Å². The van der Waals surface area contributed by atoms with E-state index in [1.54, 1.807) is 4.90 Å². The first kappa shape index (κ1) is 36.0. The molecule has 1 N–H and O–H groups in total. The van der Waals surface area contributed by atoms with Crippen LogP contribution in [0.5, 0.6) is 0 Å². The lowest BCUT2D eigenvalue weighted by Crippen LogP contribution is -2.58. The number of likely N-dealkylation sites (tertiary alicyclic amines) is 2. The largest absolute Gasteiger partial charge is 0.456 e. The van der Waals surface area contributed by atoms with E-state index in [1.165, 1.54) is 10.5 Å². The summed E-state index contributed by atoms with van der Waals surface area (Å²) in [5, 5.41) is 2.90. The van der Waals surface area contributed by atoms with Crippen molar-refractivity contribution < 1.29 is 32.3 Å². The quantitative estimate of drug-likeness (QED) is 0.357. The van der Waals surface area contributed by atoms with Crippen molar-refractivity contribution >= 4 is 39.1 Å². The summed E-state index contributed by atoms with van der Waals surface area (Å²) in [6, 6.07) is 6.91. The Bertz CT molecular complexity index is 1550. The van der Waals surface area contributed by atoms with Gasteiger partial charge in [0.1, 0.15) is 11.6 Å². The van der Waals surface area contributed by atoms with Crippen LogP contribution < -0.4 is 5.32 Å². The summed E-state index contributed by atoms with van der Waals surface area (Å²) in [5.74, 6) is -1.26. The summed E-state index contributed by atoms with van der Waals surface area (Å²) in [6.45, 7) is 15.3. The van der Waals surface area contributed by atoms with Crippen LogP contribution in [0.2, 0.25) is 0 Å². The Balaban J connectivity index is 1.19. The van der Waals surface area contributed by atoms with Crippen molar-refractivity contribution in [3.63, 3.8) is 0 Å². The highest BCUT2D eigenvalue weighted by Crippen LogP contribution is 2.57. The number of amides is 3. The third kappa shape index (κ3) is 7.80.